The zero-order chi connectivity index (χ0) is 21.7. The Hall–Kier alpha value is -3.42. The molecule has 1 heterocycles. The van der Waals surface area contributed by atoms with Gasteiger partial charge >= 0.3 is 6.61 Å². The molecule has 0 saturated heterocycles. The highest BCUT2D eigenvalue weighted by molar-refractivity contribution is 5.94. The molecule has 6 nitrogen and oxygen atoms in total. The number of carbonyl (C=O) groups is 1. The number of aromatic nitrogens is 2. The number of methoxy groups -OCH3 is 1. The number of nitrogens with zero attached hydrogens (tertiary/aromatic N) is 2. The van der Waals surface area contributed by atoms with Crippen LogP contribution in [0.1, 0.15) is 32.9 Å². The van der Waals surface area contributed by atoms with Crippen molar-refractivity contribution in [1.29, 1.82) is 0 Å². The zero-order valence-electron chi connectivity index (χ0n) is 17.0. The fourth-order valence-corrected chi connectivity index (χ4v) is 3.12. The van der Waals surface area contributed by atoms with Crippen molar-refractivity contribution in [3.05, 3.63) is 76.6 Å². The summed E-state index contributed by atoms with van der Waals surface area (Å²) in [5.41, 5.74) is 4.05. The summed E-state index contributed by atoms with van der Waals surface area (Å²) in [6.07, 6.45) is 0. The highest BCUT2D eigenvalue weighted by atomic mass is 19.3. The van der Waals surface area contributed by atoms with Gasteiger partial charge in [0.1, 0.15) is 0 Å². The van der Waals surface area contributed by atoms with E-state index in [9.17, 15) is 13.6 Å². The summed E-state index contributed by atoms with van der Waals surface area (Å²) in [5.74, 6) is -0.147. The van der Waals surface area contributed by atoms with E-state index >= 15 is 0 Å². The zero-order valence-corrected chi connectivity index (χ0v) is 17.0. The van der Waals surface area contributed by atoms with Crippen LogP contribution < -0.4 is 14.8 Å². The topological polar surface area (TPSA) is 65.4 Å². The van der Waals surface area contributed by atoms with Crippen molar-refractivity contribution < 1.29 is 23.0 Å². The van der Waals surface area contributed by atoms with E-state index in [1.807, 2.05) is 42.8 Å². The minimum atomic E-state index is -2.96. The van der Waals surface area contributed by atoms with Gasteiger partial charge in [0.2, 0.25) is 0 Å². The van der Waals surface area contributed by atoms with Crippen molar-refractivity contribution in [2.45, 2.75) is 33.5 Å². The molecule has 0 radical (unpaired) electrons. The summed E-state index contributed by atoms with van der Waals surface area (Å²) >= 11 is 0. The van der Waals surface area contributed by atoms with Crippen molar-refractivity contribution in [2.24, 2.45) is 0 Å². The van der Waals surface area contributed by atoms with Crippen LogP contribution in [0, 0.1) is 13.8 Å². The van der Waals surface area contributed by atoms with Crippen LogP contribution >= 0.6 is 0 Å². The monoisotopic (exact) mass is 415 g/mol. The quantitative estimate of drug-likeness (QED) is 0.602. The lowest BCUT2D eigenvalue weighted by molar-refractivity contribution is -0.0512. The molecule has 3 aromatic rings. The van der Waals surface area contributed by atoms with E-state index < -0.39 is 6.61 Å². The maximum Gasteiger partial charge on any atom is 0.387 e. The third kappa shape index (κ3) is 5.34. The largest absolute Gasteiger partial charge is 0.493 e. The third-order valence-corrected chi connectivity index (χ3v) is 4.52. The van der Waals surface area contributed by atoms with Crippen molar-refractivity contribution in [1.82, 2.24) is 15.1 Å². The molecule has 30 heavy (non-hydrogen) atoms. The number of aryl methyl sites for hydroxylation is 2. The van der Waals surface area contributed by atoms with E-state index in [0.717, 1.165) is 17.0 Å². The number of hydrogen-bond donors (Lipinski definition) is 1. The van der Waals surface area contributed by atoms with Crippen molar-refractivity contribution in [3.8, 4) is 11.5 Å². The molecule has 0 aliphatic rings. The van der Waals surface area contributed by atoms with Gasteiger partial charge in [0.05, 0.1) is 19.3 Å². The van der Waals surface area contributed by atoms with E-state index in [1.165, 1.54) is 19.2 Å². The molecule has 0 aliphatic carbocycles. The summed E-state index contributed by atoms with van der Waals surface area (Å²) in [5, 5.41) is 7.23. The molecule has 0 atom stereocenters. The molecule has 0 unspecified atom stereocenters. The predicted molar refractivity (Wildman–Crippen MR) is 108 cm³/mol. The number of rotatable bonds is 8. The van der Waals surface area contributed by atoms with Crippen LogP contribution in [0.5, 0.6) is 11.5 Å². The summed E-state index contributed by atoms with van der Waals surface area (Å²) in [4.78, 5) is 12.6. The maximum atomic E-state index is 12.6. The summed E-state index contributed by atoms with van der Waals surface area (Å²) in [6.45, 7) is 1.67. The minimum Gasteiger partial charge on any atom is -0.493 e. The van der Waals surface area contributed by atoms with Crippen molar-refractivity contribution in [2.75, 3.05) is 7.11 Å². The first-order valence-corrected chi connectivity index (χ1v) is 9.35. The number of carbonyl (C=O) groups excluding carboxylic acids is 1. The van der Waals surface area contributed by atoms with Crippen LogP contribution in [0.4, 0.5) is 8.78 Å². The number of hydrogen-bond acceptors (Lipinski definition) is 4. The second kappa shape index (κ2) is 9.39. The number of amides is 1. The van der Waals surface area contributed by atoms with Gasteiger partial charge in [-0.25, -0.2) is 0 Å². The molecule has 3 rings (SSSR count). The first-order chi connectivity index (χ1) is 14.4. The lowest BCUT2D eigenvalue weighted by atomic mass is 10.1. The second-order valence-corrected chi connectivity index (χ2v) is 6.83. The normalized spacial score (nSPS) is 10.9. The van der Waals surface area contributed by atoms with Crippen molar-refractivity contribution >= 4 is 5.91 Å². The van der Waals surface area contributed by atoms with Crippen LogP contribution in [0.2, 0.25) is 0 Å². The molecule has 0 fully saturated rings. The van der Waals surface area contributed by atoms with E-state index in [0.29, 0.717) is 17.7 Å². The number of ether oxygens (including phenoxy) is 2. The molecule has 0 saturated carbocycles. The molecule has 8 heteroatoms. The average Bonchev–Trinajstić information content (AvgIpc) is 3.02. The van der Waals surface area contributed by atoms with Gasteiger partial charge in [0.15, 0.2) is 11.5 Å². The number of halogens is 2. The Morgan fingerprint density at radius 3 is 2.57 bits per heavy atom. The molecular formula is C22H23F2N3O3. The molecule has 1 N–H and O–H groups in total. The molecule has 0 spiro atoms. The van der Waals surface area contributed by atoms with Crippen LogP contribution in [-0.4, -0.2) is 29.4 Å². The highest BCUT2D eigenvalue weighted by Gasteiger charge is 2.13. The Labute approximate surface area is 173 Å². The number of alkyl halides is 2. The number of nitrogens with one attached hydrogen (secondary N) is 1. The summed E-state index contributed by atoms with van der Waals surface area (Å²) < 4.78 is 36.5. The SMILES string of the molecule is COc1ccc(CNC(=O)c2cccc(Cn3nc(C)cc3C)c2)cc1OC(F)F. The summed E-state index contributed by atoms with van der Waals surface area (Å²) in [6, 6.07) is 13.9. The van der Waals surface area contributed by atoms with Crippen LogP contribution in [0.3, 0.4) is 0 Å². The molecule has 158 valence electrons. The van der Waals surface area contributed by atoms with Gasteiger partial charge in [-0.3, -0.25) is 9.48 Å². The average molecular weight is 415 g/mol. The molecule has 0 aliphatic heterocycles. The highest BCUT2D eigenvalue weighted by Crippen LogP contribution is 2.29. The van der Waals surface area contributed by atoms with Gasteiger partial charge in [-0.15, -0.1) is 0 Å². The lowest BCUT2D eigenvalue weighted by Gasteiger charge is -2.12. The Bertz CT molecular complexity index is 1030. The molecule has 2 aromatic carbocycles. The number of benzene rings is 2. The molecule has 1 aromatic heterocycles. The van der Waals surface area contributed by atoms with Gasteiger partial charge in [-0.05, 0) is 55.3 Å². The Morgan fingerprint density at radius 1 is 1.10 bits per heavy atom. The first-order valence-electron chi connectivity index (χ1n) is 9.35. The lowest BCUT2D eigenvalue weighted by Crippen LogP contribution is -2.23. The fourth-order valence-electron chi connectivity index (χ4n) is 3.12. The van der Waals surface area contributed by atoms with Crippen LogP contribution in [0.25, 0.3) is 0 Å². The molecule has 0 bridgehead atoms. The first kappa shape index (κ1) is 21.3. The second-order valence-electron chi connectivity index (χ2n) is 6.83. The van der Waals surface area contributed by atoms with E-state index in [-0.39, 0.29) is 24.0 Å². The van der Waals surface area contributed by atoms with Gasteiger partial charge in [0.25, 0.3) is 5.91 Å². The standard InChI is InChI=1S/C22H23F2N3O3/c1-14-9-15(2)27(26-14)13-17-5-4-6-18(10-17)21(28)25-12-16-7-8-19(29-3)20(11-16)30-22(23)24/h4-11,22H,12-13H2,1-3H3,(H,25,28). The van der Waals surface area contributed by atoms with Gasteiger partial charge in [0, 0.05) is 17.8 Å². The molecular weight excluding hydrogens is 392 g/mol. The van der Waals surface area contributed by atoms with Crippen molar-refractivity contribution in [3.63, 3.8) is 0 Å². The van der Waals surface area contributed by atoms with Gasteiger partial charge in [-0.2, -0.15) is 13.9 Å². The predicted octanol–water partition coefficient (Wildman–Crippen LogP) is 4.09. The van der Waals surface area contributed by atoms with Gasteiger partial charge in [-0.1, -0.05) is 18.2 Å². The smallest absolute Gasteiger partial charge is 0.387 e. The Morgan fingerprint density at radius 2 is 1.90 bits per heavy atom. The molecule has 1 amide bonds. The summed E-state index contributed by atoms with van der Waals surface area (Å²) in [7, 11) is 1.37. The maximum absolute atomic E-state index is 12.6. The fraction of sp³-hybridized carbons (Fsp3) is 0.273. The Balaban J connectivity index is 1.67. The van der Waals surface area contributed by atoms with Crippen LogP contribution in [0.15, 0.2) is 48.5 Å². The minimum absolute atomic E-state index is 0.0777. The Kier molecular flexibility index (Phi) is 6.66. The van der Waals surface area contributed by atoms with Gasteiger partial charge < -0.3 is 14.8 Å². The van der Waals surface area contributed by atoms with Crippen LogP contribution in [-0.2, 0) is 13.1 Å². The van der Waals surface area contributed by atoms with E-state index in [4.69, 9.17) is 4.74 Å². The third-order valence-electron chi connectivity index (χ3n) is 4.52. The van der Waals surface area contributed by atoms with E-state index in [2.05, 4.69) is 15.2 Å². The van der Waals surface area contributed by atoms with E-state index in [1.54, 1.807) is 12.1 Å².